The van der Waals surface area contributed by atoms with Crippen LogP contribution < -0.4 is 14.5 Å². The maximum atomic E-state index is 4.39. The van der Waals surface area contributed by atoms with Gasteiger partial charge in [-0.05, 0) is 30.0 Å². The Labute approximate surface area is 201 Å². The van der Waals surface area contributed by atoms with Crippen LogP contribution in [-0.4, -0.2) is 9.13 Å². The maximum absolute atomic E-state index is 4.39. The SMILES string of the molecule is Cn1cc[n+](C)c1N=Nc1ccc(NCn2cc[n+](C)c2N=Nc2cc[c-]cc2)cc1.[W]. The first-order chi connectivity index (χ1) is 15.1. The van der Waals surface area contributed by atoms with Gasteiger partial charge < -0.3 is 5.32 Å². The second kappa shape index (κ2) is 10.7. The molecule has 0 saturated carbocycles. The van der Waals surface area contributed by atoms with Crippen molar-refractivity contribution in [2.45, 2.75) is 6.67 Å². The first-order valence-electron chi connectivity index (χ1n) is 9.79. The zero-order chi connectivity index (χ0) is 21.6. The minimum absolute atomic E-state index is 0. The molecule has 10 heteroatoms. The Bertz CT molecular complexity index is 1190. The number of aromatic nitrogens is 4. The first-order valence-corrected chi connectivity index (χ1v) is 9.79. The third-order valence-electron chi connectivity index (χ3n) is 4.72. The summed E-state index contributed by atoms with van der Waals surface area (Å²) in [6.07, 6.45) is 7.79. The third kappa shape index (κ3) is 5.62. The minimum atomic E-state index is 0. The van der Waals surface area contributed by atoms with Crippen LogP contribution in [0, 0.1) is 6.07 Å². The van der Waals surface area contributed by atoms with E-state index in [1.807, 2.05) is 113 Å². The van der Waals surface area contributed by atoms with Crippen LogP contribution in [0.5, 0.6) is 0 Å². The van der Waals surface area contributed by atoms with Crippen molar-refractivity contribution in [3.63, 3.8) is 0 Å². The van der Waals surface area contributed by atoms with E-state index in [1.54, 1.807) is 0 Å². The summed E-state index contributed by atoms with van der Waals surface area (Å²) < 4.78 is 7.75. The Morgan fingerprint density at radius 2 is 1.41 bits per heavy atom. The van der Waals surface area contributed by atoms with Gasteiger partial charge >= 0.3 is 11.9 Å². The fourth-order valence-corrected chi connectivity index (χ4v) is 2.96. The first kappa shape index (κ1) is 23.2. The van der Waals surface area contributed by atoms with Gasteiger partial charge in [-0.2, -0.15) is 18.2 Å². The number of hydrogen-bond acceptors (Lipinski definition) is 5. The van der Waals surface area contributed by atoms with Gasteiger partial charge in [-0.25, -0.2) is 18.3 Å². The molecule has 0 atom stereocenters. The van der Waals surface area contributed by atoms with Crippen molar-refractivity contribution in [3.05, 3.63) is 79.4 Å². The summed E-state index contributed by atoms with van der Waals surface area (Å²) in [7, 11) is 5.82. The van der Waals surface area contributed by atoms with E-state index in [2.05, 4.69) is 31.8 Å². The summed E-state index contributed by atoms with van der Waals surface area (Å²) in [6.45, 7) is 0.553. The zero-order valence-corrected chi connectivity index (χ0v) is 21.1. The van der Waals surface area contributed by atoms with Gasteiger partial charge in [0.2, 0.25) is 0 Å². The van der Waals surface area contributed by atoms with Gasteiger partial charge in [-0.3, -0.25) is 0 Å². The van der Waals surface area contributed by atoms with Gasteiger partial charge in [-0.15, -0.1) is 12.1 Å². The van der Waals surface area contributed by atoms with E-state index >= 15 is 0 Å². The normalized spacial score (nSPS) is 11.2. The third-order valence-corrected chi connectivity index (χ3v) is 4.72. The Morgan fingerprint density at radius 3 is 2.06 bits per heavy atom. The molecule has 0 saturated heterocycles. The van der Waals surface area contributed by atoms with E-state index in [0.717, 1.165) is 29.0 Å². The predicted molar refractivity (Wildman–Crippen MR) is 116 cm³/mol. The number of rotatable bonds is 7. The Hall–Kier alpha value is -3.45. The number of hydrogen-bond donors (Lipinski definition) is 1. The Morgan fingerprint density at radius 1 is 0.812 bits per heavy atom. The summed E-state index contributed by atoms with van der Waals surface area (Å²) in [5.74, 6) is 1.51. The Kier molecular flexibility index (Phi) is 7.78. The topological polar surface area (TPSA) is 79.1 Å². The largest absolute Gasteiger partial charge is 0.422 e. The monoisotopic (exact) mass is 598 g/mol. The van der Waals surface area contributed by atoms with Crippen LogP contribution in [0.4, 0.5) is 29.0 Å². The predicted octanol–water partition coefficient (Wildman–Crippen LogP) is 4.17. The van der Waals surface area contributed by atoms with Crippen LogP contribution in [0.25, 0.3) is 0 Å². The van der Waals surface area contributed by atoms with E-state index in [-0.39, 0.29) is 21.1 Å². The molecule has 0 aliphatic carbocycles. The van der Waals surface area contributed by atoms with Gasteiger partial charge in [0.1, 0.15) is 12.4 Å². The molecule has 0 fully saturated rings. The second-order valence-electron chi connectivity index (χ2n) is 7.04. The average Bonchev–Trinajstić information content (AvgIpc) is 3.31. The van der Waals surface area contributed by atoms with Crippen LogP contribution >= 0.6 is 0 Å². The zero-order valence-electron chi connectivity index (χ0n) is 18.1. The van der Waals surface area contributed by atoms with E-state index in [9.17, 15) is 0 Å². The second-order valence-corrected chi connectivity index (χ2v) is 7.04. The smallest absolute Gasteiger partial charge is 0.355 e. The number of anilines is 1. The van der Waals surface area contributed by atoms with Crippen LogP contribution in [0.15, 0.2) is 93.8 Å². The molecule has 0 aliphatic heterocycles. The molecule has 4 rings (SSSR count). The summed E-state index contributed by atoms with van der Waals surface area (Å²) >= 11 is 0. The number of nitrogens with one attached hydrogen (secondary N) is 1. The van der Waals surface area contributed by atoms with Crippen molar-refractivity contribution in [1.82, 2.24) is 9.13 Å². The number of aryl methyl sites for hydroxylation is 3. The summed E-state index contributed by atoms with van der Waals surface area (Å²) in [4.78, 5) is 0. The molecule has 0 aliphatic rings. The molecular weight excluding hydrogens is 574 g/mol. The summed E-state index contributed by atoms with van der Waals surface area (Å²) in [5, 5.41) is 20.7. The average molecular weight is 598 g/mol. The van der Waals surface area contributed by atoms with Gasteiger partial charge in [0.25, 0.3) is 0 Å². The molecule has 9 nitrogen and oxygen atoms in total. The van der Waals surface area contributed by atoms with Crippen molar-refractivity contribution >= 4 is 29.0 Å². The maximum Gasteiger partial charge on any atom is 0.422 e. The molecule has 0 radical (unpaired) electrons. The Balaban J connectivity index is 0.00000289. The molecule has 2 aromatic heterocycles. The van der Waals surface area contributed by atoms with E-state index in [0.29, 0.717) is 6.67 Å². The molecule has 0 unspecified atom stereocenters. The van der Waals surface area contributed by atoms with Crippen molar-refractivity contribution < 1.29 is 30.2 Å². The van der Waals surface area contributed by atoms with E-state index in [1.165, 1.54) is 0 Å². The number of azo groups is 2. The molecule has 0 amide bonds. The van der Waals surface area contributed by atoms with Gasteiger partial charge in [-0.1, -0.05) is 10.2 Å². The number of benzene rings is 2. The molecule has 4 aromatic rings. The van der Waals surface area contributed by atoms with Crippen LogP contribution in [-0.2, 0) is 48.9 Å². The van der Waals surface area contributed by atoms with Crippen LogP contribution in [0.3, 0.4) is 0 Å². The molecular formula is C22H24N9W+. The molecule has 2 aromatic carbocycles. The van der Waals surface area contributed by atoms with E-state index < -0.39 is 0 Å². The standard InChI is InChI=1S/C22H23N9.W/c1-28-13-14-29(2)21(28)26-25-20-11-9-18(10-12-20)23-17-31-16-15-30(3)22(31)27-24-19-7-5-4-6-8-19;/h5-16H,17H2,1-3H3;/p+1. The van der Waals surface area contributed by atoms with Crippen molar-refractivity contribution in [1.29, 1.82) is 0 Å². The van der Waals surface area contributed by atoms with Crippen molar-refractivity contribution in [2.24, 2.45) is 41.6 Å². The minimum Gasteiger partial charge on any atom is -0.355 e. The molecule has 0 bridgehead atoms. The van der Waals surface area contributed by atoms with Crippen molar-refractivity contribution in [2.75, 3.05) is 5.32 Å². The van der Waals surface area contributed by atoms with Gasteiger partial charge in [0, 0.05) is 37.0 Å². The fourth-order valence-electron chi connectivity index (χ4n) is 2.96. The quantitative estimate of drug-likeness (QED) is 0.194. The number of nitrogens with zero attached hydrogens (tertiary/aromatic N) is 8. The molecule has 32 heavy (non-hydrogen) atoms. The van der Waals surface area contributed by atoms with Crippen LogP contribution in [0.2, 0.25) is 0 Å². The summed E-state index contributed by atoms with van der Waals surface area (Å²) in [6, 6.07) is 18.2. The van der Waals surface area contributed by atoms with Crippen LogP contribution in [0.1, 0.15) is 0 Å². The van der Waals surface area contributed by atoms with Crippen molar-refractivity contribution in [3.8, 4) is 0 Å². The molecule has 162 valence electrons. The summed E-state index contributed by atoms with van der Waals surface area (Å²) in [5.41, 5.74) is 2.54. The molecule has 0 spiro atoms. The van der Waals surface area contributed by atoms with E-state index in [4.69, 9.17) is 0 Å². The van der Waals surface area contributed by atoms with Gasteiger partial charge in [0.05, 0.1) is 45.9 Å². The molecule has 2 heterocycles. The molecule has 1 N–H and O–H groups in total. The fraction of sp³-hybridized carbons (Fsp3) is 0.182. The number of imidazole rings is 2. The van der Waals surface area contributed by atoms with Gasteiger partial charge in [0.15, 0.2) is 0 Å².